The van der Waals surface area contributed by atoms with Crippen LogP contribution in [-0.2, 0) is 6.42 Å². The topological polar surface area (TPSA) is 38.9 Å². The third kappa shape index (κ3) is 2.32. The number of anilines is 1. The van der Waals surface area contributed by atoms with Crippen LogP contribution < -0.4 is 5.73 Å². The molecule has 2 N–H and O–H groups in total. The molecule has 1 heterocycles. The first-order valence-corrected chi connectivity index (χ1v) is 5.59. The minimum absolute atomic E-state index is 0.287. The zero-order chi connectivity index (χ0) is 11.8. The standard InChI is InChI=1S/C14H18N2/c1-14(2,3)8-10-7-11-5-4-6-12(15)13(11)16-9-10/h4-7,9H,8,15H2,1-3H3. The number of hydrogen-bond acceptors (Lipinski definition) is 2. The molecule has 0 bridgehead atoms. The SMILES string of the molecule is CC(C)(C)Cc1cnc2c(N)cccc2c1. The van der Waals surface area contributed by atoms with Gasteiger partial charge < -0.3 is 5.73 Å². The molecule has 2 rings (SSSR count). The minimum atomic E-state index is 0.287. The monoisotopic (exact) mass is 214 g/mol. The summed E-state index contributed by atoms with van der Waals surface area (Å²) in [5.41, 5.74) is 9.08. The maximum Gasteiger partial charge on any atom is 0.0931 e. The van der Waals surface area contributed by atoms with Gasteiger partial charge in [-0.15, -0.1) is 0 Å². The summed E-state index contributed by atoms with van der Waals surface area (Å²) in [5.74, 6) is 0. The number of pyridine rings is 1. The largest absolute Gasteiger partial charge is 0.397 e. The molecule has 0 unspecified atom stereocenters. The average Bonchev–Trinajstić information content (AvgIpc) is 2.15. The van der Waals surface area contributed by atoms with Crippen molar-refractivity contribution in [1.29, 1.82) is 0 Å². The first kappa shape index (κ1) is 10.9. The molecule has 0 aliphatic carbocycles. The zero-order valence-electron chi connectivity index (χ0n) is 10.1. The van der Waals surface area contributed by atoms with Crippen LogP contribution in [0.1, 0.15) is 26.3 Å². The van der Waals surface area contributed by atoms with Crippen LogP contribution in [0.15, 0.2) is 30.5 Å². The third-order valence-electron chi connectivity index (χ3n) is 2.53. The van der Waals surface area contributed by atoms with Gasteiger partial charge in [0.05, 0.1) is 11.2 Å². The summed E-state index contributed by atoms with van der Waals surface area (Å²) in [6.07, 6.45) is 2.97. The fourth-order valence-corrected chi connectivity index (χ4v) is 1.94. The highest BCUT2D eigenvalue weighted by Gasteiger charge is 2.12. The highest BCUT2D eigenvalue weighted by atomic mass is 14.7. The van der Waals surface area contributed by atoms with Gasteiger partial charge in [0.15, 0.2) is 0 Å². The second-order valence-electron chi connectivity index (χ2n) is 5.50. The van der Waals surface area contributed by atoms with Gasteiger partial charge in [-0.2, -0.15) is 0 Å². The molecule has 2 nitrogen and oxygen atoms in total. The van der Waals surface area contributed by atoms with E-state index in [1.54, 1.807) is 0 Å². The molecule has 0 saturated carbocycles. The Labute approximate surface area is 96.5 Å². The van der Waals surface area contributed by atoms with Gasteiger partial charge in [0.25, 0.3) is 0 Å². The summed E-state index contributed by atoms with van der Waals surface area (Å²) in [7, 11) is 0. The van der Waals surface area contributed by atoms with Gasteiger partial charge in [-0.1, -0.05) is 32.9 Å². The minimum Gasteiger partial charge on any atom is -0.397 e. The Balaban J connectivity index is 2.45. The Kier molecular flexibility index (Phi) is 2.58. The van der Waals surface area contributed by atoms with Gasteiger partial charge in [0.2, 0.25) is 0 Å². The smallest absolute Gasteiger partial charge is 0.0931 e. The fraction of sp³-hybridized carbons (Fsp3) is 0.357. The number of fused-ring (bicyclic) bond motifs is 1. The van der Waals surface area contributed by atoms with Gasteiger partial charge in [-0.05, 0) is 29.5 Å². The number of para-hydroxylation sites is 1. The van der Waals surface area contributed by atoms with Crippen molar-refractivity contribution in [2.24, 2.45) is 5.41 Å². The van der Waals surface area contributed by atoms with Crippen LogP contribution in [0.5, 0.6) is 0 Å². The predicted octanol–water partition coefficient (Wildman–Crippen LogP) is 3.41. The van der Waals surface area contributed by atoms with Crippen molar-refractivity contribution in [3.05, 3.63) is 36.0 Å². The van der Waals surface area contributed by atoms with Crippen LogP contribution in [0.3, 0.4) is 0 Å². The van der Waals surface area contributed by atoms with Crippen molar-refractivity contribution in [2.75, 3.05) is 5.73 Å². The lowest BCUT2D eigenvalue weighted by atomic mass is 9.88. The van der Waals surface area contributed by atoms with Crippen LogP contribution in [0, 0.1) is 5.41 Å². The van der Waals surface area contributed by atoms with Gasteiger partial charge in [-0.3, -0.25) is 4.98 Å². The molecule has 2 heteroatoms. The Hall–Kier alpha value is -1.57. The first-order valence-electron chi connectivity index (χ1n) is 5.59. The maximum atomic E-state index is 5.87. The molecule has 0 saturated heterocycles. The van der Waals surface area contributed by atoms with Crippen LogP contribution in [-0.4, -0.2) is 4.98 Å². The molecule has 1 aromatic carbocycles. The molecule has 0 aliphatic heterocycles. The van der Waals surface area contributed by atoms with E-state index in [4.69, 9.17) is 5.73 Å². The molecular formula is C14H18N2. The molecule has 0 spiro atoms. The highest BCUT2D eigenvalue weighted by Crippen LogP contribution is 2.24. The molecule has 2 aromatic rings. The van der Waals surface area contributed by atoms with E-state index < -0.39 is 0 Å². The summed E-state index contributed by atoms with van der Waals surface area (Å²) in [4.78, 5) is 4.44. The van der Waals surface area contributed by atoms with Crippen molar-refractivity contribution >= 4 is 16.6 Å². The zero-order valence-corrected chi connectivity index (χ0v) is 10.1. The van der Waals surface area contributed by atoms with E-state index in [1.165, 1.54) is 5.56 Å². The summed E-state index contributed by atoms with van der Waals surface area (Å²) in [6.45, 7) is 6.70. The van der Waals surface area contributed by atoms with Gasteiger partial charge in [-0.25, -0.2) is 0 Å². The molecule has 0 fully saturated rings. The average molecular weight is 214 g/mol. The number of aromatic nitrogens is 1. The van der Waals surface area contributed by atoms with Crippen LogP contribution >= 0.6 is 0 Å². The van der Waals surface area contributed by atoms with E-state index in [9.17, 15) is 0 Å². The fourth-order valence-electron chi connectivity index (χ4n) is 1.94. The number of nitrogens with two attached hydrogens (primary N) is 1. The lowest BCUT2D eigenvalue weighted by Crippen LogP contribution is -2.09. The van der Waals surface area contributed by atoms with Crippen molar-refractivity contribution in [2.45, 2.75) is 27.2 Å². The Bertz CT molecular complexity index is 510. The van der Waals surface area contributed by atoms with Crippen molar-refractivity contribution in [3.63, 3.8) is 0 Å². The second kappa shape index (κ2) is 3.78. The molecule has 1 aromatic heterocycles. The molecule has 0 radical (unpaired) electrons. The lowest BCUT2D eigenvalue weighted by molar-refractivity contribution is 0.411. The maximum absolute atomic E-state index is 5.87. The summed E-state index contributed by atoms with van der Waals surface area (Å²) in [6, 6.07) is 8.10. The number of rotatable bonds is 1. The first-order chi connectivity index (χ1) is 7.46. The van der Waals surface area contributed by atoms with Gasteiger partial charge >= 0.3 is 0 Å². The summed E-state index contributed by atoms with van der Waals surface area (Å²) in [5, 5.41) is 1.13. The van der Waals surface area contributed by atoms with E-state index in [0.717, 1.165) is 23.0 Å². The van der Waals surface area contributed by atoms with Crippen LogP contribution in [0.2, 0.25) is 0 Å². The highest BCUT2D eigenvalue weighted by molar-refractivity contribution is 5.89. The third-order valence-corrected chi connectivity index (χ3v) is 2.53. The predicted molar refractivity (Wildman–Crippen MR) is 69.3 cm³/mol. The Morgan fingerprint density at radius 3 is 2.69 bits per heavy atom. The molecule has 0 aliphatic rings. The molecule has 16 heavy (non-hydrogen) atoms. The Morgan fingerprint density at radius 1 is 1.25 bits per heavy atom. The lowest BCUT2D eigenvalue weighted by Gasteiger charge is -2.18. The van der Waals surface area contributed by atoms with E-state index in [2.05, 4.69) is 37.9 Å². The van der Waals surface area contributed by atoms with Crippen LogP contribution in [0.4, 0.5) is 5.69 Å². The number of hydrogen-bond donors (Lipinski definition) is 1. The van der Waals surface area contributed by atoms with Crippen LogP contribution in [0.25, 0.3) is 10.9 Å². The van der Waals surface area contributed by atoms with Crippen molar-refractivity contribution in [1.82, 2.24) is 4.98 Å². The summed E-state index contributed by atoms with van der Waals surface area (Å²) >= 11 is 0. The van der Waals surface area contributed by atoms with E-state index in [1.807, 2.05) is 18.3 Å². The quantitative estimate of drug-likeness (QED) is 0.739. The van der Waals surface area contributed by atoms with E-state index in [-0.39, 0.29) is 5.41 Å². The van der Waals surface area contributed by atoms with Gasteiger partial charge in [0, 0.05) is 11.6 Å². The van der Waals surface area contributed by atoms with Crippen molar-refractivity contribution in [3.8, 4) is 0 Å². The molecule has 0 amide bonds. The molecular weight excluding hydrogens is 196 g/mol. The van der Waals surface area contributed by atoms with Crippen molar-refractivity contribution < 1.29 is 0 Å². The molecule has 84 valence electrons. The van der Waals surface area contributed by atoms with Gasteiger partial charge in [0.1, 0.15) is 0 Å². The summed E-state index contributed by atoms with van der Waals surface area (Å²) < 4.78 is 0. The molecule has 0 atom stereocenters. The Morgan fingerprint density at radius 2 is 2.00 bits per heavy atom. The number of benzene rings is 1. The number of nitrogen functional groups attached to an aromatic ring is 1. The normalized spacial score (nSPS) is 11.9. The number of nitrogens with zero attached hydrogens (tertiary/aromatic N) is 1. The van der Waals surface area contributed by atoms with E-state index >= 15 is 0 Å². The van der Waals surface area contributed by atoms with E-state index in [0.29, 0.717) is 0 Å². The second-order valence-corrected chi connectivity index (χ2v) is 5.50.